The maximum absolute atomic E-state index is 13.6. The highest BCUT2D eigenvalue weighted by molar-refractivity contribution is 5.87. The molecule has 0 aliphatic heterocycles. The SMILES string of the molecule is CCOC(=O)c1coc(NC(C)c2ccccc2F)n1. The van der Waals surface area contributed by atoms with E-state index >= 15 is 0 Å². The predicted molar refractivity (Wildman–Crippen MR) is 70.9 cm³/mol. The number of halogens is 1. The van der Waals surface area contributed by atoms with Gasteiger partial charge in [0.1, 0.15) is 12.1 Å². The minimum Gasteiger partial charge on any atom is -0.461 e. The first-order chi connectivity index (χ1) is 9.61. The molecule has 0 spiro atoms. The number of rotatable bonds is 5. The molecule has 0 amide bonds. The zero-order valence-electron chi connectivity index (χ0n) is 11.2. The van der Waals surface area contributed by atoms with Crippen molar-refractivity contribution in [2.75, 3.05) is 11.9 Å². The van der Waals surface area contributed by atoms with Crippen molar-refractivity contribution in [1.82, 2.24) is 4.98 Å². The summed E-state index contributed by atoms with van der Waals surface area (Å²) in [5, 5.41) is 2.89. The van der Waals surface area contributed by atoms with Crippen LogP contribution in [-0.4, -0.2) is 17.6 Å². The van der Waals surface area contributed by atoms with Crippen LogP contribution in [-0.2, 0) is 4.74 Å². The summed E-state index contributed by atoms with van der Waals surface area (Å²) in [5.74, 6) is -0.868. The third kappa shape index (κ3) is 3.14. The topological polar surface area (TPSA) is 64.4 Å². The minimum atomic E-state index is -0.553. The van der Waals surface area contributed by atoms with Crippen LogP contribution in [0.25, 0.3) is 0 Å². The molecule has 1 atom stereocenters. The van der Waals surface area contributed by atoms with Crippen LogP contribution in [0, 0.1) is 5.82 Å². The van der Waals surface area contributed by atoms with Gasteiger partial charge in [-0.05, 0) is 19.9 Å². The number of carbonyl (C=O) groups is 1. The van der Waals surface area contributed by atoms with Crippen molar-refractivity contribution in [2.24, 2.45) is 0 Å². The highest BCUT2D eigenvalue weighted by atomic mass is 19.1. The van der Waals surface area contributed by atoms with E-state index in [2.05, 4.69) is 10.3 Å². The summed E-state index contributed by atoms with van der Waals surface area (Å²) in [4.78, 5) is 15.4. The second-order valence-electron chi connectivity index (χ2n) is 4.15. The maximum atomic E-state index is 13.6. The number of anilines is 1. The minimum absolute atomic E-state index is 0.0788. The Labute approximate surface area is 115 Å². The summed E-state index contributed by atoms with van der Waals surface area (Å²) in [7, 11) is 0. The van der Waals surface area contributed by atoms with Gasteiger partial charge < -0.3 is 14.5 Å². The summed E-state index contributed by atoms with van der Waals surface area (Å²) >= 11 is 0. The average molecular weight is 278 g/mol. The van der Waals surface area contributed by atoms with Gasteiger partial charge >= 0.3 is 5.97 Å². The van der Waals surface area contributed by atoms with Gasteiger partial charge in [0, 0.05) is 5.56 Å². The van der Waals surface area contributed by atoms with E-state index in [0.29, 0.717) is 5.56 Å². The fourth-order valence-electron chi connectivity index (χ4n) is 1.73. The van der Waals surface area contributed by atoms with E-state index in [9.17, 15) is 9.18 Å². The van der Waals surface area contributed by atoms with E-state index in [0.717, 1.165) is 0 Å². The average Bonchev–Trinajstić information content (AvgIpc) is 2.88. The van der Waals surface area contributed by atoms with Crippen LogP contribution in [0.3, 0.4) is 0 Å². The van der Waals surface area contributed by atoms with Gasteiger partial charge in [0.15, 0.2) is 5.69 Å². The fraction of sp³-hybridized carbons (Fsp3) is 0.286. The van der Waals surface area contributed by atoms with Crippen LogP contribution in [0.1, 0.15) is 35.9 Å². The lowest BCUT2D eigenvalue weighted by atomic mass is 10.1. The fourth-order valence-corrected chi connectivity index (χ4v) is 1.73. The Morgan fingerprint density at radius 3 is 2.95 bits per heavy atom. The molecule has 2 rings (SSSR count). The van der Waals surface area contributed by atoms with E-state index in [1.54, 1.807) is 32.0 Å². The lowest BCUT2D eigenvalue weighted by molar-refractivity contribution is 0.0519. The Morgan fingerprint density at radius 1 is 1.50 bits per heavy atom. The predicted octanol–water partition coefficient (Wildman–Crippen LogP) is 3.16. The molecule has 106 valence electrons. The van der Waals surface area contributed by atoms with Gasteiger partial charge in [-0.25, -0.2) is 9.18 Å². The highest BCUT2D eigenvalue weighted by Crippen LogP contribution is 2.21. The van der Waals surface area contributed by atoms with Crippen LogP contribution < -0.4 is 5.32 Å². The quantitative estimate of drug-likeness (QED) is 0.851. The van der Waals surface area contributed by atoms with Crippen LogP contribution in [0.15, 0.2) is 34.9 Å². The molecule has 1 unspecified atom stereocenters. The standard InChI is InChI=1S/C14H15FN2O3/c1-3-19-13(18)12-8-20-14(17-12)16-9(2)10-6-4-5-7-11(10)15/h4-9H,3H2,1-2H3,(H,16,17). The number of hydrogen-bond donors (Lipinski definition) is 1. The smallest absolute Gasteiger partial charge is 0.360 e. The number of esters is 1. The van der Waals surface area contributed by atoms with E-state index < -0.39 is 5.97 Å². The lowest BCUT2D eigenvalue weighted by Crippen LogP contribution is -2.09. The van der Waals surface area contributed by atoms with E-state index in [-0.39, 0.29) is 30.2 Å². The monoisotopic (exact) mass is 278 g/mol. The maximum Gasteiger partial charge on any atom is 0.360 e. The highest BCUT2D eigenvalue weighted by Gasteiger charge is 2.16. The second kappa shape index (κ2) is 6.18. The molecule has 0 saturated heterocycles. The van der Waals surface area contributed by atoms with Crippen molar-refractivity contribution in [3.8, 4) is 0 Å². The summed E-state index contributed by atoms with van der Waals surface area (Å²) in [6.45, 7) is 3.74. The first-order valence-corrected chi connectivity index (χ1v) is 6.25. The number of ether oxygens (including phenoxy) is 1. The van der Waals surface area contributed by atoms with E-state index in [1.165, 1.54) is 12.3 Å². The van der Waals surface area contributed by atoms with Gasteiger partial charge in [0.2, 0.25) is 0 Å². The van der Waals surface area contributed by atoms with E-state index in [4.69, 9.17) is 9.15 Å². The molecule has 6 heteroatoms. The molecular weight excluding hydrogens is 263 g/mol. The molecule has 0 aliphatic carbocycles. The number of oxazole rings is 1. The Morgan fingerprint density at radius 2 is 2.25 bits per heavy atom. The first-order valence-electron chi connectivity index (χ1n) is 6.25. The van der Waals surface area contributed by atoms with E-state index in [1.807, 2.05) is 0 Å². The van der Waals surface area contributed by atoms with Crippen LogP contribution in [0.2, 0.25) is 0 Å². The van der Waals surface area contributed by atoms with Crippen molar-refractivity contribution in [2.45, 2.75) is 19.9 Å². The summed E-state index contributed by atoms with van der Waals surface area (Å²) < 4.78 is 23.5. The molecule has 0 aliphatic rings. The van der Waals surface area contributed by atoms with Crippen LogP contribution in [0.4, 0.5) is 10.4 Å². The molecule has 1 N–H and O–H groups in total. The van der Waals surface area contributed by atoms with Crippen molar-refractivity contribution < 1.29 is 18.3 Å². The zero-order valence-corrected chi connectivity index (χ0v) is 11.2. The van der Waals surface area contributed by atoms with Gasteiger partial charge in [-0.2, -0.15) is 4.98 Å². The molecule has 1 heterocycles. The Balaban J connectivity index is 2.07. The second-order valence-corrected chi connectivity index (χ2v) is 4.15. The Bertz CT molecular complexity index is 598. The Hall–Kier alpha value is -2.37. The normalized spacial score (nSPS) is 11.9. The number of nitrogens with one attached hydrogen (secondary N) is 1. The molecule has 1 aromatic heterocycles. The van der Waals surface area contributed by atoms with Crippen molar-refractivity contribution >= 4 is 12.0 Å². The van der Waals surface area contributed by atoms with Gasteiger partial charge in [-0.3, -0.25) is 0 Å². The number of hydrogen-bond acceptors (Lipinski definition) is 5. The molecule has 0 fully saturated rings. The molecule has 5 nitrogen and oxygen atoms in total. The molecule has 0 bridgehead atoms. The number of carbonyl (C=O) groups excluding carboxylic acids is 1. The molecule has 0 saturated carbocycles. The molecular formula is C14H15FN2O3. The Kier molecular flexibility index (Phi) is 4.34. The number of nitrogens with zero attached hydrogens (tertiary/aromatic N) is 1. The zero-order chi connectivity index (χ0) is 14.5. The third-order valence-electron chi connectivity index (χ3n) is 2.70. The lowest BCUT2D eigenvalue weighted by Gasteiger charge is -2.12. The first kappa shape index (κ1) is 14.0. The molecule has 0 radical (unpaired) electrons. The number of benzene rings is 1. The molecule has 2 aromatic rings. The largest absolute Gasteiger partial charge is 0.461 e. The van der Waals surface area contributed by atoms with Crippen molar-refractivity contribution in [1.29, 1.82) is 0 Å². The van der Waals surface area contributed by atoms with Crippen molar-refractivity contribution in [3.05, 3.63) is 47.6 Å². The van der Waals surface area contributed by atoms with Gasteiger partial charge in [-0.15, -0.1) is 0 Å². The van der Waals surface area contributed by atoms with Crippen LogP contribution in [0.5, 0.6) is 0 Å². The summed E-state index contributed by atoms with van der Waals surface area (Å²) in [6, 6.07) is 6.22. The van der Waals surface area contributed by atoms with Crippen molar-refractivity contribution in [3.63, 3.8) is 0 Å². The summed E-state index contributed by atoms with van der Waals surface area (Å²) in [6.07, 6.45) is 1.20. The molecule has 1 aromatic carbocycles. The third-order valence-corrected chi connectivity index (χ3v) is 2.70. The number of aromatic nitrogens is 1. The van der Waals surface area contributed by atoms with Crippen LogP contribution >= 0.6 is 0 Å². The summed E-state index contributed by atoms with van der Waals surface area (Å²) in [5.41, 5.74) is 0.568. The van der Waals surface area contributed by atoms with Gasteiger partial charge in [-0.1, -0.05) is 18.2 Å². The van der Waals surface area contributed by atoms with Gasteiger partial charge in [0.05, 0.1) is 12.6 Å². The van der Waals surface area contributed by atoms with Gasteiger partial charge in [0.25, 0.3) is 6.01 Å². The molecule has 20 heavy (non-hydrogen) atoms.